The summed E-state index contributed by atoms with van der Waals surface area (Å²) in [4.78, 5) is 6.28. The van der Waals surface area contributed by atoms with E-state index in [1.807, 2.05) is 24.5 Å². The van der Waals surface area contributed by atoms with Gasteiger partial charge in [-0.15, -0.1) is 0 Å². The van der Waals surface area contributed by atoms with Crippen molar-refractivity contribution >= 4 is 0 Å². The minimum Gasteiger partial charge on any atom is -0.329 e. The maximum absolute atomic E-state index is 5.68. The molecule has 1 aromatic rings. The molecule has 3 heteroatoms. The van der Waals surface area contributed by atoms with E-state index >= 15 is 0 Å². The van der Waals surface area contributed by atoms with Crippen LogP contribution in [0.4, 0.5) is 0 Å². The lowest BCUT2D eigenvalue weighted by Gasteiger charge is -2.25. The van der Waals surface area contributed by atoms with Crippen LogP contribution in [0.3, 0.4) is 0 Å². The number of hydrogen-bond donors (Lipinski definition) is 1. The first-order chi connectivity index (χ1) is 6.77. The van der Waals surface area contributed by atoms with E-state index in [9.17, 15) is 0 Å². The molecule has 0 aliphatic rings. The van der Waals surface area contributed by atoms with Gasteiger partial charge in [0.05, 0.1) is 0 Å². The van der Waals surface area contributed by atoms with Crippen LogP contribution in [-0.2, 0) is 6.54 Å². The largest absolute Gasteiger partial charge is 0.329 e. The summed E-state index contributed by atoms with van der Waals surface area (Å²) >= 11 is 0. The van der Waals surface area contributed by atoms with Crippen molar-refractivity contribution in [3.63, 3.8) is 0 Å². The second kappa shape index (κ2) is 5.73. The standard InChI is InChI=1S/C11H19N3/c1-3-11(8-12)14(2)9-10-4-6-13-7-5-10/h4-7,11H,3,8-9,12H2,1-2H3. The van der Waals surface area contributed by atoms with Crippen LogP contribution < -0.4 is 5.73 Å². The second-order valence-electron chi connectivity index (χ2n) is 3.57. The van der Waals surface area contributed by atoms with Crippen LogP contribution in [0.15, 0.2) is 24.5 Å². The van der Waals surface area contributed by atoms with Crippen LogP contribution in [0.25, 0.3) is 0 Å². The SMILES string of the molecule is CCC(CN)N(C)Cc1ccncc1. The molecule has 1 heterocycles. The van der Waals surface area contributed by atoms with Crippen LogP contribution in [0.5, 0.6) is 0 Å². The van der Waals surface area contributed by atoms with Crippen molar-refractivity contribution in [2.75, 3.05) is 13.6 Å². The highest BCUT2D eigenvalue weighted by Gasteiger charge is 2.10. The van der Waals surface area contributed by atoms with Crippen LogP contribution in [0.2, 0.25) is 0 Å². The molecule has 1 rings (SSSR count). The quantitative estimate of drug-likeness (QED) is 0.765. The maximum Gasteiger partial charge on any atom is 0.0271 e. The van der Waals surface area contributed by atoms with Crippen LogP contribution in [0, 0.1) is 0 Å². The third kappa shape index (κ3) is 3.09. The first-order valence-corrected chi connectivity index (χ1v) is 5.07. The normalized spacial score (nSPS) is 13.1. The van der Waals surface area contributed by atoms with E-state index in [1.165, 1.54) is 5.56 Å². The van der Waals surface area contributed by atoms with Crippen LogP contribution >= 0.6 is 0 Å². The molecule has 78 valence electrons. The Labute approximate surface area is 85.9 Å². The number of nitrogens with zero attached hydrogens (tertiary/aromatic N) is 2. The van der Waals surface area contributed by atoms with Crippen molar-refractivity contribution in [3.05, 3.63) is 30.1 Å². The fraction of sp³-hybridized carbons (Fsp3) is 0.545. The fourth-order valence-electron chi connectivity index (χ4n) is 1.56. The van der Waals surface area contributed by atoms with E-state index in [-0.39, 0.29) is 0 Å². The van der Waals surface area contributed by atoms with Crippen molar-refractivity contribution in [3.8, 4) is 0 Å². The average Bonchev–Trinajstić information content (AvgIpc) is 2.21. The average molecular weight is 193 g/mol. The molecule has 2 N–H and O–H groups in total. The Morgan fingerprint density at radius 1 is 1.43 bits per heavy atom. The van der Waals surface area contributed by atoms with E-state index < -0.39 is 0 Å². The topological polar surface area (TPSA) is 42.1 Å². The Bertz CT molecular complexity index is 244. The van der Waals surface area contributed by atoms with Gasteiger partial charge in [0.2, 0.25) is 0 Å². The number of likely N-dealkylation sites (N-methyl/N-ethyl adjacent to an activating group) is 1. The lowest BCUT2D eigenvalue weighted by Crippen LogP contribution is -2.36. The van der Waals surface area contributed by atoms with Gasteiger partial charge in [0.1, 0.15) is 0 Å². The molecule has 0 bridgehead atoms. The Hall–Kier alpha value is -0.930. The predicted molar refractivity (Wildman–Crippen MR) is 58.8 cm³/mol. The second-order valence-corrected chi connectivity index (χ2v) is 3.57. The molecule has 14 heavy (non-hydrogen) atoms. The van der Waals surface area contributed by atoms with E-state index in [1.54, 1.807) is 0 Å². The predicted octanol–water partition coefficient (Wildman–Crippen LogP) is 1.25. The van der Waals surface area contributed by atoms with Gasteiger partial charge in [0.25, 0.3) is 0 Å². The van der Waals surface area contributed by atoms with Crippen LogP contribution in [0.1, 0.15) is 18.9 Å². The van der Waals surface area contributed by atoms with Crippen molar-refractivity contribution in [1.29, 1.82) is 0 Å². The molecule has 0 aromatic carbocycles. The van der Waals surface area contributed by atoms with E-state index in [2.05, 4.69) is 23.9 Å². The Morgan fingerprint density at radius 2 is 2.07 bits per heavy atom. The molecule has 0 aliphatic heterocycles. The summed E-state index contributed by atoms with van der Waals surface area (Å²) < 4.78 is 0. The fourth-order valence-corrected chi connectivity index (χ4v) is 1.56. The summed E-state index contributed by atoms with van der Waals surface area (Å²) in [5.74, 6) is 0. The summed E-state index contributed by atoms with van der Waals surface area (Å²) in [6, 6.07) is 4.56. The zero-order chi connectivity index (χ0) is 10.4. The minimum absolute atomic E-state index is 0.475. The molecule has 1 atom stereocenters. The molecule has 0 saturated heterocycles. The van der Waals surface area contributed by atoms with Gasteiger partial charge in [-0.1, -0.05) is 6.92 Å². The minimum atomic E-state index is 0.475. The Balaban J connectivity index is 2.52. The summed E-state index contributed by atoms with van der Waals surface area (Å²) in [5, 5.41) is 0. The smallest absolute Gasteiger partial charge is 0.0271 e. The van der Waals surface area contributed by atoms with Crippen LogP contribution in [-0.4, -0.2) is 29.5 Å². The molecule has 1 aromatic heterocycles. The number of pyridine rings is 1. The van der Waals surface area contributed by atoms with Crippen molar-refractivity contribution in [2.24, 2.45) is 5.73 Å². The maximum atomic E-state index is 5.68. The number of hydrogen-bond acceptors (Lipinski definition) is 3. The molecular formula is C11H19N3. The van der Waals surface area contributed by atoms with Crippen molar-refractivity contribution < 1.29 is 0 Å². The number of aromatic nitrogens is 1. The lowest BCUT2D eigenvalue weighted by molar-refractivity contribution is 0.233. The molecule has 1 unspecified atom stereocenters. The van der Waals surface area contributed by atoms with Gasteiger partial charge in [0, 0.05) is 31.5 Å². The first-order valence-electron chi connectivity index (χ1n) is 5.07. The molecule has 0 saturated carbocycles. The molecule has 3 nitrogen and oxygen atoms in total. The molecule has 0 radical (unpaired) electrons. The molecule has 0 fully saturated rings. The Morgan fingerprint density at radius 3 is 2.57 bits per heavy atom. The van der Waals surface area contributed by atoms with E-state index in [4.69, 9.17) is 5.73 Å². The van der Waals surface area contributed by atoms with E-state index in [0.717, 1.165) is 19.5 Å². The monoisotopic (exact) mass is 193 g/mol. The van der Waals surface area contributed by atoms with Gasteiger partial charge >= 0.3 is 0 Å². The van der Waals surface area contributed by atoms with Gasteiger partial charge in [0.15, 0.2) is 0 Å². The van der Waals surface area contributed by atoms with Gasteiger partial charge < -0.3 is 5.73 Å². The molecule has 0 aliphatic carbocycles. The summed E-state index contributed by atoms with van der Waals surface area (Å²) in [5.41, 5.74) is 6.97. The zero-order valence-corrected chi connectivity index (χ0v) is 8.98. The first kappa shape index (κ1) is 11.1. The van der Waals surface area contributed by atoms with Gasteiger partial charge in [-0.05, 0) is 31.2 Å². The van der Waals surface area contributed by atoms with Crippen molar-refractivity contribution in [1.82, 2.24) is 9.88 Å². The number of rotatable bonds is 5. The highest BCUT2D eigenvalue weighted by atomic mass is 15.1. The summed E-state index contributed by atoms with van der Waals surface area (Å²) in [6.07, 6.45) is 4.75. The van der Waals surface area contributed by atoms with Gasteiger partial charge in [-0.3, -0.25) is 9.88 Å². The van der Waals surface area contributed by atoms with Crippen molar-refractivity contribution in [2.45, 2.75) is 25.9 Å². The highest BCUT2D eigenvalue weighted by Crippen LogP contribution is 2.06. The number of nitrogens with two attached hydrogens (primary N) is 1. The van der Waals surface area contributed by atoms with Gasteiger partial charge in [-0.25, -0.2) is 0 Å². The van der Waals surface area contributed by atoms with Gasteiger partial charge in [-0.2, -0.15) is 0 Å². The zero-order valence-electron chi connectivity index (χ0n) is 8.98. The molecule has 0 amide bonds. The summed E-state index contributed by atoms with van der Waals surface area (Å²) in [6.45, 7) is 3.83. The molecular weight excluding hydrogens is 174 g/mol. The molecule has 0 spiro atoms. The third-order valence-electron chi connectivity index (χ3n) is 2.55. The Kier molecular flexibility index (Phi) is 4.56. The lowest BCUT2D eigenvalue weighted by atomic mass is 10.1. The van der Waals surface area contributed by atoms with E-state index in [0.29, 0.717) is 6.04 Å². The third-order valence-corrected chi connectivity index (χ3v) is 2.55. The highest BCUT2D eigenvalue weighted by molar-refractivity contribution is 5.09. The summed E-state index contributed by atoms with van der Waals surface area (Å²) in [7, 11) is 2.11.